The van der Waals surface area contributed by atoms with Gasteiger partial charge in [0.25, 0.3) is 0 Å². The Kier molecular flexibility index (Phi) is 2.20. The van der Waals surface area contributed by atoms with Crippen LogP contribution in [-0.4, -0.2) is 48.2 Å². The molecule has 0 amide bonds. The zero-order valence-corrected chi connectivity index (χ0v) is 7.96. The van der Waals surface area contributed by atoms with Crippen molar-refractivity contribution in [2.45, 2.75) is 18.8 Å². The molecular weight excluding hydrogens is 184 g/mol. The van der Waals surface area contributed by atoms with Crippen molar-refractivity contribution in [3.8, 4) is 0 Å². The standard InChI is InChI=1S/C8H18N4O2/c1-12(2)8(10)11-5-3-4-6(9)7(13)14/h6H,3-5,9H2,1-2H3,(H3,10,11,13,14)/p+1/i3D2,4D2,5D2,6D. The van der Waals surface area contributed by atoms with E-state index < -0.39 is 31.2 Å². The average molecular weight is 210 g/mol. The van der Waals surface area contributed by atoms with Gasteiger partial charge in [-0.1, -0.05) is 0 Å². The fourth-order valence-corrected chi connectivity index (χ4v) is 0.359. The Morgan fingerprint density at radius 1 is 1.79 bits per heavy atom. The summed E-state index contributed by atoms with van der Waals surface area (Å²) in [7, 11) is 2.86. The van der Waals surface area contributed by atoms with Gasteiger partial charge >= 0.3 is 11.9 Å². The number of hydrogen-bond acceptors (Lipinski definition) is 2. The predicted molar refractivity (Wildman–Crippen MR) is 54.2 cm³/mol. The first-order valence-corrected chi connectivity index (χ1v) is 3.62. The minimum Gasteiger partial charge on any atom is -0.480 e. The van der Waals surface area contributed by atoms with Crippen molar-refractivity contribution in [2.24, 2.45) is 11.5 Å². The molecule has 0 saturated carbocycles. The van der Waals surface area contributed by atoms with Crippen LogP contribution in [-0.2, 0) is 4.79 Å². The number of aliphatic carboxylic acids is 1. The van der Waals surface area contributed by atoms with Crippen molar-refractivity contribution in [3.63, 3.8) is 0 Å². The molecule has 1 unspecified atom stereocenters. The molecule has 1 atom stereocenters. The third-order valence-electron chi connectivity index (χ3n) is 1.16. The fraction of sp³-hybridized carbons (Fsp3) is 0.750. The average Bonchev–Trinajstić information content (AvgIpc) is 2.26. The van der Waals surface area contributed by atoms with Gasteiger partial charge in [-0.2, -0.15) is 0 Å². The highest BCUT2D eigenvalue weighted by Gasteiger charge is 2.10. The van der Waals surface area contributed by atoms with Gasteiger partial charge < -0.3 is 10.8 Å². The molecule has 0 aliphatic carbocycles. The summed E-state index contributed by atoms with van der Waals surface area (Å²) in [6, 6.07) is -3.40. The quantitative estimate of drug-likeness (QED) is 0.247. The highest BCUT2D eigenvalue weighted by molar-refractivity contribution is 5.73. The second-order valence-corrected chi connectivity index (χ2v) is 2.50. The van der Waals surface area contributed by atoms with Crippen LogP contribution in [0.25, 0.3) is 0 Å². The molecule has 0 aromatic heterocycles. The summed E-state index contributed by atoms with van der Waals surface area (Å²) in [5.74, 6) is -2.45. The van der Waals surface area contributed by atoms with Gasteiger partial charge in [0.2, 0.25) is 0 Å². The van der Waals surface area contributed by atoms with Crippen molar-refractivity contribution in [2.75, 3.05) is 20.6 Å². The summed E-state index contributed by atoms with van der Waals surface area (Å²) < 4.78 is 54.0. The molecule has 0 fully saturated rings. The van der Waals surface area contributed by atoms with Gasteiger partial charge in [0, 0.05) is 5.48 Å². The summed E-state index contributed by atoms with van der Waals surface area (Å²) in [6.45, 7) is -3.13. The summed E-state index contributed by atoms with van der Waals surface area (Å²) >= 11 is 0. The predicted octanol–water partition coefficient (Wildman–Crippen LogP) is -1.65. The van der Waals surface area contributed by atoms with Crippen molar-refractivity contribution in [1.29, 1.82) is 0 Å². The lowest BCUT2D eigenvalue weighted by Gasteiger charge is -2.05. The molecule has 0 bridgehead atoms. The van der Waals surface area contributed by atoms with Gasteiger partial charge in [-0.15, -0.1) is 0 Å². The largest absolute Gasteiger partial charge is 0.480 e. The molecule has 14 heavy (non-hydrogen) atoms. The lowest BCUT2D eigenvalue weighted by molar-refractivity contribution is -0.467. The summed E-state index contributed by atoms with van der Waals surface area (Å²) in [4.78, 5) is 10.9. The molecule has 0 aliphatic rings. The van der Waals surface area contributed by atoms with Crippen LogP contribution in [0.5, 0.6) is 0 Å². The van der Waals surface area contributed by atoms with Gasteiger partial charge in [-0.3, -0.25) is 20.4 Å². The van der Waals surface area contributed by atoms with Crippen molar-refractivity contribution in [1.82, 2.24) is 5.32 Å². The molecule has 0 heterocycles. The third kappa shape index (κ3) is 5.36. The fourth-order valence-electron chi connectivity index (χ4n) is 0.359. The molecule has 6 nitrogen and oxygen atoms in total. The van der Waals surface area contributed by atoms with Gasteiger partial charge in [0.05, 0.1) is 24.7 Å². The van der Waals surface area contributed by atoms with Gasteiger partial charge in [-0.05, 0) is 12.7 Å². The Labute approximate surface area is 93.4 Å². The van der Waals surface area contributed by atoms with E-state index in [1.54, 1.807) is 0 Å². The maximum atomic E-state index is 10.9. The molecular formula is C8H19N4O2+. The Morgan fingerprint density at radius 3 is 2.79 bits per heavy atom. The number of rotatable bonds is 5. The summed E-state index contributed by atoms with van der Waals surface area (Å²) in [5.41, 5.74) is 10.4. The Morgan fingerprint density at radius 2 is 2.36 bits per heavy atom. The number of guanidine groups is 1. The van der Waals surface area contributed by atoms with Gasteiger partial charge in [-0.25, -0.2) is 0 Å². The maximum absolute atomic E-state index is 10.9. The number of nitrogens with zero attached hydrogens (tertiary/aromatic N) is 1. The van der Waals surface area contributed by atoms with Crippen LogP contribution in [0.1, 0.15) is 22.3 Å². The zero-order valence-electron chi connectivity index (χ0n) is 15.0. The van der Waals surface area contributed by atoms with E-state index in [1.165, 1.54) is 18.7 Å². The van der Waals surface area contributed by atoms with E-state index in [0.717, 1.165) is 0 Å². The lowest BCUT2D eigenvalue weighted by Crippen LogP contribution is -2.39. The van der Waals surface area contributed by atoms with Crippen molar-refractivity contribution < 1.29 is 24.1 Å². The lowest BCUT2D eigenvalue weighted by atomic mass is 10.2. The molecule has 0 radical (unpaired) electrons. The molecule has 0 spiro atoms. The zero-order chi connectivity index (χ0) is 17.4. The van der Waals surface area contributed by atoms with Crippen LogP contribution >= 0.6 is 0 Å². The first-order valence-electron chi connectivity index (χ1n) is 7.12. The monoisotopic (exact) mass is 210 g/mol. The van der Waals surface area contributed by atoms with Crippen LogP contribution in [0, 0.1) is 0 Å². The Hall–Kier alpha value is -1.30. The minimum atomic E-state index is -3.57. The Balaban J connectivity index is 5.85. The van der Waals surface area contributed by atoms with E-state index in [4.69, 9.17) is 26.2 Å². The second kappa shape index (κ2) is 6.20. The number of hydrogen-bond donors (Lipinski definition) is 4. The Bertz CT molecular complexity index is 460. The molecule has 0 saturated heterocycles. The van der Waals surface area contributed by atoms with E-state index in [-0.39, 0.29) is 5.96 Å². The van der Waals surface area contributed by atoms with Crippen LogP contribution in [0.3, 0.4) is 0 Å². The number of nitrogens with one attached hydrogen (secondary N) is 1. The van der Waals surface area contributed by atoms with Gasteiger partial charge in [0.1, 0.15) is 6.02 Å². The van der Waals surface area contributed by atoms with E-state index >= 15 is 0 Å². The van der Waals surface area contributed by atoms with Gasteiger partial charge in [0.15, 0.2) is 0 Å². The number of carboxylic acid groups (broad SMARTS) is 1. The maximum Gasteiger partial charge on any atom is 0.342 e. The van der Waals surface area contributed by atoms with Crippen LogP contribution in [0.2, 0.25) is 0 Å². The molecule has 6 heteroatoms. The van der Waals surface area contributed by atoms with Crippen LogP contribution < -0.4 is 16.8 Å². The number of carboxylic acids is 1. The number of nitrogens with two attached hydrogens (primary N) is 2. The summed E-state index contributed by atoms with van der Waals surface area (Å²) in [6.07, 6.45) is -7.07. The molecule has 0 aromatic rings. The van der Waals surface area contributed by atoms with E-state index in [1.807, 2.05) is 5.32 Å². The number of carbonyl (C=O) groups is 1. The molecule has 6 N–H and O–H groups in total. The van der Waals surface area contributed by atoms with E-state index in [9.17, 15) is 4.79 Å². The second-order valence-electron chi connectivity index (χ2n) is 2.50. The first kappa shape index (κ1) is 4.97. The topological polar surface area (TPSA) is 104 Å². The van der Waals surface area contributed by atoms with Crippen molar-refractivity contribution >= 4 is 11.9 Å². The first-order chi connectivity index (χ1) is 9.02. The molecule has 0 aliphatic heterocycles. The highest BCUT2D eigenvalue weighted by atomic mass is 16.4. The third-order valence-corrected chi connectivity index (χ3v) is 1.16. The minimum absolute atomic E-state index is 0.317. The van der Waals surface area contributed by atoms with E-state index in [2.05, 4.69) is 0 Å². The van der Waals surface area contributed by atoms with E-state index in [0.29, 0.717) is 0 Å². The highest BCUT2D eigenvalue weighted by Crippen LogP contribution is 1.92. The molecule has 82 valence electrons. The molecule has 0 aromatic carbocycles. The van der Waals surface area contributed by atoms with Crippen LogP contribution in [0.4, 0.5) is 0 Å². The van der Waals surface area contributed by atoms with Crippen LogP contribution in [0.15, 0.2) is 0 Å². The molecule has 0 rings (SSSR count). The smallest absolute Gasteiger partial charge is 0.342 e. The summed E-state index contributed by atoms with van der Waals surface area (Å²) in [5, 5.41) is 10.7. The van der Waals surface area contributed by atoms with Crippen molar-refractivity contribution in [3.05, 3.63) is 0 Å². The normalized spacial score (nSPS) is 24.6. The SMILES string of the molecule is [2H]C([2H])(NC(N)=[N+](C)C)C([2H])([2H])C([2H])([2H])C([2H])(N)C(=O)O.